The van der Waals surface area contributed by atoms with Crippen LogP contribution < -0.4 is 15.0 Å². The average Bonchev–Trinajstić information content (AvgIpc) is 3.08. The first-order valence-electron chi connectivity index (χ1n) is 11.3. The number of urea groups is 1. The van der Waals surface area contributed by atoms with Crippen LogP contribution in [0.1, 0.15) is 12.5 Å². The molecule has 4 rings (SSSR count). The van der Waals surface area contributed by atoms with E-state index < -0.39 is 18.0 Å². The molecule has 1 atom stereocenters. The van der Waals surface area contributed by atoms with Gasteiger partial charge in [0.05, 0.1) is 24.9 Å². The van der Waals surface area contributed by atoms with Gasteiger partial charge in [-0.2, -0.15) is 0 Å². The summed E-state index contributed by atoms with van der Waals surface area (Å²) in [4.78, 5) is 30.5. The molecule has 2 aliphatic heterocycles. The van der Waals surface area contributed by atoms with Gasteiger partial charge in [0.2, 0.25) is 0 Å². The van der Waals surface area contributed by atoms with E-state index in [4.69, 9.17) is 4.74 Å². The molecule has 0 radical (unpaired) electrons. The minimum atomic E-state index is -0.821. The minimum Gasteiger partial charge on any atom is -0.492 e. The number of imide groups is 1. The predicted octanol–water partition coefficient (Wildman–Crippen LogP) is 2.16. The number of anilines is 1. The second-order valence-electron chi connectivity index (χ2n) is 8.16. The van der Waals surface area contributed by atoms with E-state index in [9.17, 15) is 14.7 Å². The third-order valence-corrected chi connectivity index (χ3v) is 5.81. The van der Waals surface area contributed by atoms with Gasteiger partial charge in [0.1, 0.15) is 11.4 Å². The quantitative estimate of drug-likeness (QED) is 0.474. The zero-order valence-electron chi connectivity index (χ0n) is 18.8. The molecular formula is C25H30N4O4. The van der Waals surface area contributed by atoms with E-state index in [2.05, 4.69) is 21.2 Å². The van der Waals surface area contributed by atoms with Gasteiger partial charge >= 0.3 is 6.03 Å². The summed E-state index contributed by atoms with van der Waals surface area (Å²) in [6.07, 6.45) is 0.824. The van der Waals surface area contributed by atoms with Crippen LogP contribution in [0.2, 0.25) is 0 Å². The molecule has 2 N–H and O–H groups in total. The topological polar surface area (TPSA) is 85.3 Å². The fraction of sp³-hybridized carbons (Fsp3) is 0.360. The number of carbonyl (C=O) groups excluding carboxylic acids is 2. The number of aliphatic hydroxyl groups is 1. The van der Waals surface area contributed by atoms with Gasteiger partial charge in [-0.1, -0.05) is 42.5 Å². The smallest absolute Gasteiger partial charge is 0.329 e. The Morgan fingerprint density at radius 3 is 2.42 bits per heavy atom. The molecule has 3 amide bonds. The first-order chi connectivity index (χ1) is 16.0. The highest BCUT2D eigenvalue weighted by molar-refractivity contribution is 6.14. The van der Waals surface area contributed by atoms with Gasteiger partial charge in [-0.05, 0) is 30.7 Å². The van der Waals surface area contributed by atoms with Crippen LogP contribution in [-0.2, 0) is 4.79 Å². The lowest BCUT2D eigenvalue weighted by Crippen LogP contribution is -2.50. The molecule has 0 aliphatic carbocycles. The molecule has 2 aromatic rings. The second kappa shape index (κ2) is 10.5. The number of piperazine rings is 1. The Morgan fingerprint density at radius 1 is 1.00 bits per heavy atom. The number of rotatable bonds is 8. The lowest BCUT2D eigenvalue weighted by atomic mass is 10.2. The standard InChI is InChI=1S/C25H30N4O4/c1-2-33-23-11-7-6-10-22(23)28-14-12-27(13-15-28)17-20(30)18-29-24(31)21(26-25(29)32)16-19-8-4-3-5-9-19/h3-11,16,20,30H,2,12-15,17-18H2,1H3,(H,26,32)/b21-16-. The molecule has 0 spiro atoms. The maximum atomic E-state index is 12.7. The van der Waals surface area contributed by atoms with Crippen molar-refractivity contribution in [1.29, 1.82) is 0 Å². The molecule has 0 saturated carbocycles. The van der Waals surface area contributed by atoms with Crippen LogP contribution in [0.3, 0.4) is 0 Å². The van der Waals surface area contributed by atoms with E-state index in [1.54, 1.807) is 6.08 Å². The fourth-order valence-electron chi connectivity index (χ4n) is 4.19. The first-order valence-corrected chi connectivity index (χ1v) is 11.3. The van der Waals surface area contributed by atoms with E-state index in [0.717, 1.165) is 48.1 Å². The summed E-state index contributed by atoms with van der Waals surface area (Å²) >= 11 is 0. The average molecular weight is 451 g/mol. The summed E-state index contributed by atoms with van der Waals surface area (Å²) in [6, 6.07) is 16.8. The second-order valence-corrected chi connectivity index (χ2v) is 8.16. The van der Waals surface area contributed by atoms with E-state index in [1.807, 2.05) is 55.5 Å². The highest BCUT2D eigenvalue weighted by atomic mass is 16.5. The zero-order valence-corrected chi connectivity index (χ0v) is 18.8. The molecular weight excluding hydrogens is 420 g/mol. The Kier molecular flexibility index (Phi) is 7.26. The summed E-state index contributed by atoms with van der Waals surface area (Å²) in [5, 5.41) is 13.2. The Bertz CT molecular complexity index is 1000. The number of β-amino-alcohol motifs (C(OH)–C–C–N with tert-alkyl or cyclic N) is 1. The van der Waals surface area contributed by atoms with E-state index in [1.165, 1.54) is 0 Å². The molecule has 2 saturated heterocycles. The van der Waals surface area contributed by atoms with Crippen molar-refractivity contribution in [1.82, 2.24) is 15.1 Å². The van der Waals surface area contributed by atoms with Crippen LogP contribution in [0, 0.1) is 0 Å². The van der Waals surface area contributed by atoms with Gasteiger partial charge in [0, 0.05) is 32.7 Å². The largest absolute Gasteiger partial charge is 0.492 e. The van der Waals surface area contributed by atoms with Gasteiger partial charge in [0.25, 0.3) is 5.91 Å². The lowest BCUT2D eigenvalue weighted by Gasteiger charge is -2.37. The van der Waals surface area contributed by atoms with Gasteiger partial charge in [-0.25, -0.2) is 4.79 Å². The van der Waals surface area contributed by atoms with Crippen molar-refractivity contribution in [3.8, 4) is 5.75 Å². The SMILES string of the molecule is CCOc1ccccc1N1CCN(CC(O)CN2C(=O)N/C(=C\c3ccccc3)C2=O)CC1. The van der Waals surface area contributed by atoms with Crippen LogP contribution in [-0.4, -0.2) is 78.8 Å². The fourth-order valence-corrected chi connectivity index (χ4v) is 4.19. The summed E-state index contributed by atoms with van der Waals surface area (Å²) in [7, 11) is 0. The van der Waals surface area contributed by atoms with Crippen molar-refractivity contribution >= 4 is 23.7 Å². The van der Waals surface area contributed by atoms with Crippen LogP contribution in [0.15, 0.2) is 60.3 Å². The number of nitrogens with zero attached hydrogens (tertiary/aromatic N) is 3. The number of amides is 3. The van der Waals surface area contributed by atoms with Crippen LogP contribution in [0.5, 0.6) is 5.75 Å². The van der Waals surface area contributed by atoms with E-state index >= 15 is 0 Å². The number of benzene rings is 2. The molecule has 2 heterocycles. The molecule has 2 aliphatic rings. The van der Waals surface area contributed by atoms with Crippen LogP contribution in [0.25, 0.3) is 6.08 Å². The highest BCUT2D eigenvalue weighted by Crippen LogP contribution is 2.28. The summed E-state index contributed by atoms with van der Waals surface area (Å²) in [5.74, 6) is 0.464. The first kappa shape index (κ1) is 22.8. The van der Waals surface area contributed by atoms with Gasteiger partial charge in [-0.3, -0.25) is 14.6 Å². The van der Waals surface area contributed by atoms with Gasteiger partial charge in [0.15, 0.2) is 0 Å². The molecule has 174 valence electrons. The third kappa shape index (κ3) is 5.53. The van der Waals surface area contributed by atoms with E-state index in [-0.39, 0.29) is 12.2 Å². The number of nitrogens with one attached hydrogen (secondary N) is 1. The molecule has 8 nitrogen and oxygen atoms in total. The number of ether oxygens (including phenoxy) is 1. The number of aliphatic hydroxyl groups excluding tert-OH is 1. The normalized spacial score (nSPS) is 19.2. The molecule has 2 fully saturated rings. The molecule has 8 heteroatoms. The number of hydrogen-bond donors (Lipinski definition) is 2. The number of carbonyl (C=O) groups is 2. The highest BCUT2D eigenvalue weighted by Gasteiger charge is 2.35. The summed E-state index contributed by atoms with van der Waals surface area (Å²) in [5.41, 5.74) is 2.13. The number of hydrogen-bond acceptors (Lipinski definition) is 6. The van der Waals surface area contributed by atoms with Gasteiger partial charge < -0.3 is 20.1 Å². The summed E-state index contributed by atoms with van der Waals surface area (Å²) < 4.78 is 5.75. The van der Waals surface area contributed by atoms with Crippen molar-refractivity contribution in [2.45, 2.75) is 13.0 Å². The van der Waals surface area contributed by atoms with Crippen molar-refractivity contribution < 1.29 is 19.4 Å². The molecule has 33 heavy (non-hydrogen) atoms. The minimum absolute atomic E-state index is 0.0375. The lowest BCUT2D eigenvalue weighted by molar-refractivity contribution is -0.124. The molecule has 1 unspecified atom stereocenters. The van der Waals surface area contributed by atoms with Crippen molar-refractivity contribution in [2.75, 3.05) is 50.8 Å². The van der Waals surface area contributed by atoms with Crippen LogP contribution in [0.4, 0.5) is 10.5 Å². The molecule has 0 bridgehead atoms. The Labute approximate surface area is 194 Å². The maximum Gasteiger partial charge on any atom is 0.329 e. The monoisotopic (exact) mass is 450 g/mol. The Balaban J connectivity index is 1.29. The van der Waals surface area contributed by atoms with Crippen molar-refractivity contribution in [3.63, 3.8) is 0 Å². The maximum absolute atomic E-state index is 12.7. The van der Waals surface area contributed by atoms with Crippen molar-refractivity contribution in [2.24, 2.45) is 0 Å². The Hall–Kier alpha value is -3.36. The number of para-hydroxylation sites is 2. The summed E-state index contributed by atoms with van der Waals surface area (Å²) in [6.45, 7) is 6.12. The predicted molar refractivity (Wildman–Crippen MR) is 127 cm³/mol. The van der Waals surface area contributed by atoms with Crippen LogP contribution >= 0.6 is 0 Å². The zero-order chi connectivity index (χ0) is 23.2. The Morgan fingerprint density at radius 2 is 1.70 bits per heavy atom. The molecule has 0 aromatic heterocycles. The van der Waals surface area contributed by atoms with Gasteiger partial charge in [-0.15, -0.1) is 0 Å². The molecule has 2 aromatic carbocycles. The third-order valence-electron chi connectivity index (χ3n) is 5.81. The van der Waals surface area contributed by atoms with Crippen molar-refractivity contribution in [3.05, 3.63) is 65.9 Å². The van der Waals surface area contributed by atoms with E-state index in [0.29, 0.717) is 13.2 Å².